The lowest BCUT2D eigenvalue weighted by Gasteiger charge is -2.48. The standard InChI is InChI=1S/C25H26N2O/c28-25(22-13-6-10-19-11-7-16-26-24(19)22)27-17-15-20(18-8-2-1-3-9-18)21-12-4-5-14-23(21)27/h1-3,6-11,13,16,20-21,23H,4-5,12,14-15,17H2/t20-,21-,23-/m1/s1. The number of para-hydroxylation sites is 1. The van der Waals surface area contributed by atoms with E-state index < -0.39 is 0 Å². The van der Waals surface area contributed by atoms with Crippen molar-refractivity contribution < 1.29 is 4.79 Å². The van der Waals surface area contributed by atoms with Crippen LogP contribution in [0.1, 0.15) is 53.9 Å². The number of carbonyl (C=O) groups is 1. The molecule has 5 rings (SSSR count). The molecule has 3 aromatic rings. The zero-order valence-electron chi connectivity index (χ0n) is 16.1. The van der Waals surface area contributed by atoms with E-state index in [0.29, 0.717) is 17.9 Å². The lowest BCUT2D eigenvalue weighted by molar-refractivity contribution is 0.0321. The van der Waals surface area contributed by atoms with Gasteiger partial charge in [-0.15, -0.1) is 0 Å². The third-order valence-electron chi connectivity index (χ3n) is 6.73. The average molecular weight is 370 g/mol. The van der Waals surface area contributed by atoms with Gasteiger partial charge in [0.05, 0.1) is 11.1 Å². The predicted molar refractivity (Wildman–Crippen MR) is 112 cm³/mol. The summed E-state index contributed by atoms with van der Waals surface area (Å²) >= 11 is 0. The van der Waals surface area contributed by atoms with E-state index in [1.165, 1.54) is 24.8 Å². The van der Waals surface area contributed by atoms with Crippen LogP contribution in [0.2, 0.25) is 0 Å². The van der Waals surface area contributed by atoms with Gasteiger partial charge in [-0.2, -0.15) is 0 Å². The van der Waals surface area contributed by atoms with Crippen molar-refractivity contribution >= 4 is 16.8 Å². The van der Waals surface area contributed by atoms with Crippen LogP contribution >= 0.6 is 0 Å². The lowest BCUT2D eigenvalue weighted by atomic mass is 9.69. The summed E-state index contributed by atoms with van der Waals surface area (Å²) in [6, 6.07) is 21.2. The molecule has 0 spiro atoms. The predicted octanol–water partition coefficient (Wildman–Crippen LogP) is 5.42. The van der Waals surface area contributed by atoms with E-state index in [1.54, 1.807) is 6.20 Å². The normalized spacial score (nSPS) is 24.7. The molecule has 0 N–H and O–H groups in total. The first kappa shape index (κ1) is 17.4. The maximum Gasteiger partial charge on any atom is 0.256 e. The molecule has 28 heavy (non-hydrogen) atoms. The first-order valence-corrected chi connectivity index (χ1v) is 10.5. The highest BCUT2D eigenvalue weighted by atomic mass is 16.2. The van der Waals surface area contributed by atoms with Crippen LogP contribution in [0.25, 0.3) is 10.9 Å². The van der Waals surface area contributed by atoms with Crippen LogP contribution in [-0.4, -0.2) is 28.4 Å². The monoisotopic (exact) mass is 370 g/mol. The van der Waals surface area contributed by atoms with Gasteiger partial charge in [-0.05, 0) is 48.8 Å². The van der Waals surface area contributed by atoms with Crippen molar-refractivity contribution in [3.05, 3.63) is 78.0 Å². The first-order valence-electron chi connectivity index (χ1n) is 10.5. The molecule has 3 heteroatoms. The van der Waals surface area contributed by atoms with Gasteiger partial charge in [0.2, 0.25) is 0 Å². The van der Waals surface area contributed by atoms with Crippen LogP contribution < -0.4 is 0 Å². The number of likely N-dealkylation sites (tertiary alicyclic amines) is 1. The van der Waals surface area contributed by atoms with Gasteiger partial charge in [0.15, 0.2) is 0 Å². The van der Waals surface area contributed by atoms with Gasteiger partial charge in [0.1, 0.15) is 0 Å². The zero-order chi connectivity index (χ0) is 18.9. The van der Waals surface area contributed by atoms with Crippen LogP contribution in [0.5, 0.6) is 0 Å². The van der Waals surface area contributed by atoms with Gasteiger partial charge >= 0.3 is 0 Å². The van der Waals surface area contributed by atoms with Crippen molar-refractivity contribution in [2.45, 2.75) is 44.1 Å². The summed E-state index contributed by atoms with van der Waals surface area (Å²) in [4.78, 5) is 20.3. The van der Waals surface area contributed by atoms with Gasteiger partial charge in [-0.1, -0.05) is 61.4 Å². The summed E-state index contributed by atoms with van der Waals surface area (Å²) in [6.45, 7) is 0.836. The summed E-state index contributed by atoms with van der Waals surface area (Å²) in [5, 5.41) is 1.03. The van der Waals surface area contributed by atoms with Gasteiger partial charge in [-0.3, -0.25) is 9.78 Å². The molecule has 1 saturated heterocycles. The van der Waals surface area contributed by atoms with Crippen LogP contribution in [0.4, 0.5) is 0 Å². The number of nitrogens with zero attached hydrogens (tertiary/aromatic N) is 2. The molecule has 2 fully saturated rings. The Hall–Kier alpha value is -2.68. The van der Waals surface area contributed by atoms with Gasteiger partial charge in [0.25, 0.3) is 5.91 Å². The molecule has 1 aliphatic carbocycles. The smallest absolute Gasteiger partial charge is 0.256 e. The van der Waals surface area contributed by atoms with Crippen LogP contribution in [0.15, 0.2) is 66.9 Å². The number of benzene rings is 2. The molecule has 2 aliphatic rings. The number of amides is 1. The van der Waals surface area contributed by atoms with Crippen molar-refractivity contribution in [1.29, 1.82) is 0 Å². The third kappa shape index (κ3) is 2.99. The van der Waals surface area contributed by atoms with E-state index in [0.717, 1.165) is 35.9 Å². The Kier molecular flexibility index (Phi) is 4.59. The molecular formula is C25H26N2O. The fourth-order valence-electron chi connectivity index (χ4n) is 5.45. The Morgan fingerprint density at radius 1 is 0.893 bits per heavy atom. The second kappa shape index (κ2) is 7.38. The Balaban J connectivity index is 1.48. The number of aromatic nitrogens is 1. The molecule has 3 atom stereocenters. The number of pyridine rings is 1. The largest absolute Gasteiger partial charge is 0.335 e. The Labute approximate surface area is 166 Å². The molecule has 1 aliphatic heterocycles. The second-order valence-electron chi connectivity index (χ2n) is 8.20. The highest BCUT2D eigenvalue weighted by molar-refractivity contribution is 6.05. The third-order valence-corrected chi connectivity index (χ3v) is 6.73. The SMILES string of the molecule is O=C(c1cccc2cccnc12)N1CC[C@H](c2ccccc2)[C@H]2CCCC[C@H]21. The number of hydrogen-bond acceptors (Lipinski definition) is 2. The highest BCUT2D eigenvalue weighted by Crippen LogP contribution is 2.44. The minimum atomic E-state index is 0.160. The Morgan fingerprint density at radius 3 is 2.61 bits per heavy atom. The molecule has 3 nitrogen and oxygen atoms in total. The van der Waals surface area contributed by atoms with Gasteiger partial charge in [-0.25, -0.2) is 0 Å². The molecule has 2 aromatic carbocycles. The van der Waals surface area contributed by atoms with Gasteiger partial charge < -0.3 is 4.90 Å². The summed E-state index contributed by atoms with van der Waals surface area (Å²) in [7, 11) is 0. The molecule has 142 valence electrons. The minimum Gasteiger partial charge on any atom is -0.335 e. The van der Waals surface area contributed by atoms with E-state index in [1.807, 2.05) is 30.3 Å². The maximum absolute atomic E-state index is 13.6. The Morgan fingerprint density at radius 2 is 1.71 bits per heavy atom. The lowest BCUT2D eigenvalue weighted by Crippen LogP contribution is -2.52. The van der Waals surface area contributed by atoms with Gasteiger partial charge in [0, 0.05) is 24.2 Å². The van der Waals surface area contributed by atoms with Crippen molar-refractivity contribution in [3.8, 4) is 0 Å². The topological polar surface area (TPSA) is 33.2 Å². The second-order valence-corrected chi connectivity index (χ2v) is 8.20. The van der Waals surface area contributed by atoms with Crippen molar-refractivity contribution in [2.24, 2.45) is 5.92 Å². The molecule has 0 bridgehead atoms. The van der Waals surface area contributed by atoms with E-state index in [9.17, 15) is 4.79 Å². The Bertz CT molecular complexity index is 979. The van der Waals surface area contributed by atoms with Crippen molar-refractivity contribution in [3.63, 3.8) is 0 Å². The number of fused-ring (bicyclic) bond motifs is 2. The summed E-state index contributed by atoms with van der Waals surface area (Å²) in [5.41, 5.74) is 3.02. The molecule has 0 radical (unpaired) electrons. The minimum absolute atomic E-state index is 0.160. The fourth-order valence-corrected chi connectivity index (χ4v) is 5.45. The number of carbonyl (C=O) groups excluding carboxylic acids is 1. The van der Waals surface area contributed by atoms with Crippen molar-refractivity contribution in [2.75, 3.05) is 6.54 Å². The summed E-state index contributed by atoms with van der Waals surface area (Å²) in [5.74, 6) is 1.30. The van der Waals surface area contributed by atoms with E-state index >= 15 is 0 Å². The van der Waals surface area contributed by atoms with Crippen LogP contribution in [0, 0.1) is 5.92 Å². The molecule has 0 unspecified atom stereocenters. The molecule has 2 heterocycles. The van der Waals surface area contributed by atoms with E-state index in [2.05, 4.69) is 40.2 Å². The molecule has 1 saturated carbocycles. The van der Waals surface area contributed by atoms with E-state index in [-0.39, 0.29) is 5.91 Å². The summed E-state index contributed by atoms with van der Waals surface area (Å²) in [6.07, 6.45) is 7.68. The maximum atomic E-state index is 13.6. The molecular weight excluding hydrogens is 344 g/mol. The molecule has 1 aromatic heterocycles. The quantitative estimate of drug-likeness (QED) is 0.603. The van der Waals surface area contributed by atoms with Crippen LogP contribution in [0.3, 0.4) is 0 Å². The number of rotatable bonds is 2. The summed E-state index contributed by atoms with van der Waals surface area (Å²) < 4.78 is 0. The highest BCUT2D eigenvalue weighted by Gasteiger charge is 2.42. The number of hydrogen-bond donors (Lipinski definition) is 0. The first-order chi connectivity index (χ1) is 13.8. The molecule has 1 amide bonds. The zero-order valence-corrected chi connectivity index (χ0v) is 16.1. The van der Waals surface area contributed by atoms with Crippen LogP contribution in [-0.2, 0) is 0 Å². The van der Waals surface area contributed by atoms with E-state index in [4.69, 9.17) is 0 Å². The average Bonchev–Trinajstić information content (AvgIpc) is 2.78. The number of piperidine rings is 1. The van der Waals surface area contributed by atoms with Crippen molar-refractivity contribution in [1.82, 2.24) is 9.88 Å². The fraction of sp³-hybridized carbons (Fsp3) is 0.360.